The number of aryl methyl sites for hydroxylation is 2. The molecule has 2 aromatic carbocycles. The Bertz CT molecular complexity index is 1120. The summed E-state index contributed by atoms with van der Waals surface area (Å²) in [6.45, 7) is 8.29. The van der Waals surface area contributed by atoms with E-state index in [-0.39, 0.29) is 11.4 Å². The topological polar surface area (TPSA) is 52.6 Å². The van der Waals surface area contributed by atoms with E-state index in [0.717, 1.165) is 52.6 Å². The molecular weight excluding hydrogens is 408 g/mol. The van der Waals surface area contributed by atoms with Crippen molar-refractivity contribution < 1.29 is 14.6 Å². The highest BCUT2D eigenvalue weighted by Crippen LogP contribution is 2.36. The van der Waals surface area contributed by atoms with E-state index in [4.69, 9.17) is 9.78 Å². The smallest absolute Gasteiger partial charge is 0.288 e. The van der Waals surface area contributed by atoms with Crippen molar-refractivity contribution in [3.63, 3.8) is 0 Å². The van der Waals surface area contributed by atoms with Gasteiger partial charge in [-0.25, -0.2) is 4.79 Å². The summed E-state index contributed by atoms with van der Waals surface area (Å²) in [5.74, 6) is 0.480. The molecule has 0 aliphatic heterocycles. The first kappa shape index (κ1) is 23.3. The van der Waals surface area contributed by atoms with Crippen molar-refractivity contribution in [2.24, 2.45) is 5.92 Å². The number of benzene rings is 2. The molecule has 0 aliphatic rings. The fourth-order valence-electron chi connectivity index (χ4n) is 4.08. The first-order valence-corrected chi connectivity index (χ1v) is 12.2. The summed E-state index contributed by atoms with van der Waals surface area (Å²) >= 11 is 1.61. The summed E-state index contributed by atoms with van der Waals surface area (Å²) < 4.78 is 1.92. The maximum absolute atomic E-state index is 13.3. The Balaban J connectivity index is 1.96. The zero-order valence-corrected chi connectivity index (χ0v) is 19.8. The van der Waals surface area contributed by atoms with Gasteiger partial charge in [-0.3, -0.25) is 14.6 Å². The summed E-state index contributed by atoms with van der Waals surface area (Å²) in [4.78, 5) is 36.6. The first-order valence-electron chi connectivity index (χ1n) is 11.4. The highest BCUT2D eigenvalue weighted by molar-refractivity contribution is 7.24. The maximum Gasteiger partial charge on any atom is 0.355 e. The highest BCUT2D eigenvalue weighted by Gasteiger charge is 2.20. The van der Waals surface area contributed by atoms with Crippen molar-refractivity contribution >= 4 is 37.5 Å². The lowest BCUT2D eigenvalue weighted by Crippen LogP contribution is -2.15. The van der Waals surface area contributed by atoms with Gasteiger partial charge in [-0.2, -0.15) is 0 Å². The molecule has 0 amide bonds. The minimum Gasteiger partial charge on any atom is -0.288 e. The Labute approximate surface area is 188 Å². The van der Waals surface area contributed by atoms with Gasteiger partial charge in [0.15, 0.2) is 11.2 Å². The van der Waals surface area contributed by atoms with Gasteiger partial charge in [0.05, 0.1) is 6.42 Å². The second-order valence-electron chi connectivity index (χ2n) is 8.01. The monoisotopic (exact) mass is 440 g/mol. The van der Waals surface area contributed by atoms with Crippen molar-refractivity contribution in [3.05, 3.63) is 51.7 Å². The zero-order chi connectivity index (χ0) is 22.4. The predicted octanol–water partition coefficient (Wildman–Crippen LogP) is 6.98. The molecule has 1 aromatic heterocycles. The van der Waals surface area contributed by atoms with Gasteiger partial charge in [-0.15, -0.1) is 11.3 Å². The minimum atomic E-state index is -0.351. The van der Waals surface area contributed by atoms with E-state index in [9.17, 15) is 9.59 Å². The van der Waals surface area contributed by atoms with Crippen LogP contribution in [0.4, 0.5) is 0 Å². The number of unbranched alkanes of at least 4 members (excludes halogenated alkanes) is 1. The van der Waals surface area contributed by atoms with Crippen molar-refractivity contribution in [2.45, 2.75) is 72.6 Å². The molecule has 3 rings (SSSR count). The molecule has 0 spiro atoms. The van der Waals surface area contributed by atoms with E-state index in [0.29, 0.717) is 35.3 Å². The Morgan fingerprint density at radius 3 is 2.52 bits per heavy atom. The third-order valence-corrected chi connectivity index (χ3v) is 7.07. The Hall–Kier alpha value is -2.40. The van der Waals surface area contributed by atoms with Crippen molar-refractivity contribution in [1.29, 1.82) is 0 Å². The predicted molar refractivity (Wildman–Crippen MR) is 129 cm³/mol. The number of fused-ring (bicyclic) bond motifs is 2. The molecular formula is C26H32O4S. The van der Waals surface area contributed by atoms with E-state index in [1.165, 1.54) is 0 Å². The number of hydrogen-bond donors (Lipinski definition) is 0. The van der Waals surface area contributed by atoms with Crippen LogP contribution >= 0.6 is 11.3 Å². The molecule has 5 heteroatoms. The molecule has 0 aliphatic carbocycles. The molecule has 1 atom stereocenters. The molecule has 0 radical (unpaired) electrons. The summed E-state index contributed by atoms with van der Waals surface area (Å²) in [7, 11) is 0. The number of carbonyl (C=O) groups excluding carboxylic acids is 1. The molecule has 0 N–H and O–H groups in total. The first-order chi connectivity index (χ1) is 15.0. The SMILES string of the molecule is CCCCC(CC)CC(=O)OOc1c(CC)cc2sc3ccccc3c(=O)c2c1CC. The van der Waals surface area contributed by atoms with Crippen molar-refractivity contribution in [2.75, 3.05) is 0 Å². The normalized spacial score (nSPS) is 12.3. The van der Waals surface area contributed by atoms with E-state index in [1.54, 1.807) is 11.3 Å². The Morgan fingerprint density at radius 1 is 1.06 bits per heavy atom. The quantitative estimate of drug-likeness (QED) is 0.194. The molecule has 3 aromatic rings. The van der Waals surface area contributed by atoms with Crippen molar-refractivity contribution in [3.8, 4) is 5.75 Å². The summed E-state index contributed by atoms with van der Waals surface area (Å²) in [5.41, 5.74) is 1.76. The van der Waals surface area contributed by atoms with Crippen molar-refractivity contribution in [1.82, 2.24) is 0 Å². The van der Waals surface area contributed by atoms with Crippen LogP contribution in [-0.4, -0.2) is 5.97 Å². The molecule has 0 fully saturated rings. The number of carbonyl (C=O) groups is 1. The van der Waals surface area contributed by atoms with E-state index in [2.05, 4.69) is 13.8 Å². The maximum atomic E-state index is 13.3. The van der Waals surface area contributed by atoms with E-state index < -0.39 is 0 Å². The van der Waals surface area contributed by atoms with Crippen LogP contribution in [0.15, 0.2) is 35.1 Å². The third kappa shape index (κ3) is 5.09. The van der Waals surface area contributed by atoms with Crippen LogP contribution < -0.4 is 10.3 Å². The molecule has 4 nitrogen and oxygen atoms in total. The van der Waals surface area contributed by atoms with Crippen LogP contribution in [0, 0.1) is 5.92 Å². The lowest BCUT2D eigenvalue weighted by atomic mass is 9.96. The second kappa shape index (κ2) is 10.8. The van der Waals surface area contributed by atoms with Crippen LogP contribution in [0.1, 0.15) is 70.9 Å². The third-order valence-electron chi connectivity index (χ3n) is 5.95. The van der Waals surface area contributed by atoms with Crippen LogP contribution in [0.5, 0.6) is 5.75 Å². The highest BCUT2D eigenvalue weighted by atomic mass is 32.1. The van der Waals surface area contributed by atoms with Crippen LogP contribution in [0.25, 0.3) is 20.2 Å². The lowest BCUT2D eigenvalue weighted by Gasteiger charge is -2.17. The van der Waals surface area contributed by atoms with Gasteiger partial charge in [0.25, 0.3) is 0 Å². The van der Waals surface area contributed by atoms with E-state index in [1.807, 2.05) is 44.2 Å². The van der Waals surface area contributed by atoms with Crippen LogP contribution in [0.3, 0.4) is 0 Å². The fourth-order valence-corrected chi connectivity index (χ4v) is 5.26. The number of rotatable bonds is 10. The summed E-state index contributed by atoms with van der Waals surface area (Å²) in [5, 5.41) is 1.38. The molecule has 31 heavy (non-hydrogen) atoms. The average Bonchev–Trinajstić information content (AvgIpc) is 2.79. The largest absolute Gasteiger partial charge is 0.355 e. The van der Waals surface area contributed by atoms with Gasteiger partial charge in [0, 0.05) is 31.3 Å². The molecule has 0 saturated heterocycles. The average molecular weight is 441 g/mol. The van der Waals surface area contributed by atoms with Gasteiger partial charge in [0.2, 0.25) is 0 Å². The van der Waals surface area contributed by atoms with Gasteiger partial charge in [0.1, 0.15) is 0 Å². The Kier molecular flexibility index (Phi) is 8.08. The van der Waals surface area contributed by atoms with Gasteiger partial charge < -0.3 is 0 Å². The van der Waals surface area contributed by atoms with E-state index >= 15 is 0 Å². The van der Waals surface area contributed by atoms with Gasteiger partial charge in [-0.05, 0) is 43.4 Å². The summed E-state index contributed by atoms with van der Waals surface area (Å²) in [6.07, 6.45) is 5.88. The molecule has 0 saturated carbocycles. The van der Waals surface area contributed by atoms with Crippen LogP contribution in [-0.2, 0) is 22.5 Å². The standard InChI is InChI=1S/C26H32O4S/c1-5-9-12-17(6-2)15-23(27)29-30-26-18(7-3)16-22-24(19(26)8-4)25(28)20-13-10-11-14-21(20)31-22/h10-11,13-14,16-17H,5-9,12,15H2,1-4H3. The minimum absolute atomic E-state index is 0.00522. The Morgan fingerprint density at radius 2 is 1.84 bits per heavy atom. The molecule has 0 bridgehead atoms. The fraction of sp³-hybridized carbons (Fsp3) is 0.462. The zero-order valence-electron chi connectivity index (χ0n) is 19.0. The lowest BCUT2D eigenvalue weighted by molar-refractivity contribution is -0.215. The molecule has 1 heterocycles. The second-order valence-corrected chi connectivity index (χ2v) is 9.09. The summed E-state index contributed by atoms with van der Waals surface area (Å²) in [6, 6.07) is 9.69. The van der Waals surface area contributed by atoms with Gasteiger partial charge in [-0.1, -0.05) is 59.1 Å². The van der Waals surface area contributed by atoms with Gasteiger partial charge >= 0.3 is 5.97 Å². The molecule has 166 valence electrons. The number of hydrogen-bond acceptors (Lipinski definition) is 5. The molecule has 1 unspecified atom stereocenters. The van der Waals surface area contributed by atoms with Crippen LogP contribution in [0.2, 0.25) is 0 Å².